The number of carbonyl (C=O) groups excluding carboxylic acids is 1. The van der Waals surface area contributed by atoms with Crippen molar-refractivity contribution in [3.05, 3.63) is 24.3 Å². The highest BCUT2D eigenvalue weighted by Crippen LogP contribution is 2.17. The highest BCUT2D eigenvalue weighted by Gasteiger charge is 2.27. The van der Waals surface area contributed by atoms with E-state index in [0.717, 1.165) is 5.57 Å². The molecule has 2 heteroatoms. The van der Waals surface area contributed by atoms with Crippen LogP contribution >= 0.6 is 0 Å². The molecule has 0 unspecified atom stereocenters. The predicted molar refractivity (Wildman–Crippen MR) is 61.5 cm³/mol. The van der Waals surface area contributed by atoms with E-state index < -0.39 is 8.07 Å². The van der Waals surface area contributed by atoms with Crippen molar-refractivity contribution >= 4 is 13.5 Å². The van der Waals surface area contributed by atoms with Crippen molar-refractivity contribution in [1.29, 1.82) is 0 Å². The highest BCUT2D eigenvalue weighted by molar-refractivity contribution is 7.05. The fourth-order valence-corrected chi connectivity index (χ4v) is 2.33. The van der Waals surface area contributed by atoms with Crippen molar-refractivity contribution in [3.63, 3.8) is 0 Å². The van der Waals surface area contributed by atoms with Crippen LogP contribution in [0, 0.1) is 5.92 Å². The maximum absolute atomic E-state index is 11.9. The molecule has 1 nitrogen and oxygen atoms in total. The lowest BCUT2D eigenvalue weighted by Crippen LogP contribution is -2.35. The van der Waals surface area contributed by atoms with Crippen LogP contribution in [-0.4, -0.2) is 13.5 Å². The molecule has 0 bridgehead atoms. The first-order valence-corrected chi connectivity index (χ1v) is 8.18. The highest BCUT2D eigenvalue weighted by atomic mass is 28.3. The summed E-state index contributed by atoms with van der Waals surface area (Å²) in [5.41, 5.74) is 0.925. The van der Waals surface area contributed by atoms with E-state index in [1.165, 1.54) is 0 Å². The maximum atomic E-state index is 11.9. The fraction of sp³-hybridized carbons (Fsp3) is 0.545. The maximum Gasteiger partial charge on any atom is 0.136 e. The van der Waals surface area contributed by atoms with Gasteiger partial charge in [-0.15, -0.1) is 0 Å². The molecule has 13 heavy (non-hydrogen) atoms. The van der Waals surface area contributed by atoms with Crippen molar-refractivity contribution in [1.82, 2.24) is 0 Å². The molecule has 0 spiro atoms. The number of hydrogen-bond acceptors (Lipinski definition) is 1. The Bertz CT molecular complexity index is 231. The van der Waals surface area contributed by atoms with Gasteiger partial charge in [0, 0.05) is 0 Å². The molecule has 0 fully saturated rings. The van der Waals surface area contributed by atoms with Gasteiger partial charge in [0.15, 0.2) is 0 Å². The molecule has 0 aliphatic heterocycles. The number of carbonyl (C=O) groups is 1. The summed E-state index contributed by atoms with van der Waals surface area (Å²) in [7, 11) is -1.68. The van der Waals surface area contributed by atoms with E-state index in [1.807, 2.05) is 19.9 Å². The molecule has 0 aliphatic rings. The Morgan fingerprint density at radius 2 is 1.77 bits per heavy atom. The Hall–Kier alpha value is -0.633. The van der Waals surface area contributed by atoms with Gasteiger partial charge in [-0.05, 0) is 11.5 Å². The lowest BCUT2D eigenvalue weighted by atomic mass is 10.0. The van der Waals surface area contributed by atoms with Crippen molar-refractivity contribution < 1.29 is 4.79 Å². The summed E-state index contributed by atoms with van der Waals surface area (Å²) in [5.74, 6) is 0.303. The molecule has 0 radical (unpaired) electrons. The van der Waals surface area contributed by atoms with Crippen molar-refractivity contribution in [2.75, 3.05) is 0 Å². The Kier molecular flexibility index (Phi) is 4.34. The van der Waals surface area contributed by atoms with E-state index in [0.29, 0.717) is 11.3 Å². The molecular formula is C11H20OSi. The molecule has 0 saturated heterocycles. The van der Waals surface area contributed by atoms with E-state index in [4.69, 9.17) is 0 Å². The molecule has 0 aromatic carbocycles. The molecule has 0 rings (SSSR count). The molecule has 0 atom stereocenters. The first-order valence-electron chi connectivity index (χ1n) is 4.68. The molecule has 0 heterocycles. The summed E-state index contributed by atoms with van der Waals surface area (Å²) in [6, 6.07) is 0. The average Bonchev–Trinajstić information content (AvgIpc) is 1.96. The van der Waals surface area contributed by atoms with E-state index in [2.05, 4.69) is 26.2 Å². The molecule has 0 aliphatic carbocycles. The largest absolute Gasteiger partial charge is 0.300 e. The van der Waals surface area contributed by atoms with Crippen LogP contribution in [-0.2, 0) is 4.79 Å². The third-order valence-corrected chi connectivity index (χ3v) is 3.51. The standard InChI is InChI=1S/C11H20OSi/c1-7-8-10(9(2)3)11(12)13(4,5)6/h7-9H,1H2,2-6H3. The number of allylic oxidation sites excluding steroid dienone is 3. The third kappa shape index (κ3) is 3.72. The lowest BCUT2D eigenvalue weighted by Gasteiger charge is -2.19. The van der Waals surface area contributed by atoms with Gasteiger partial charge >= 0.3 is 0 Å². The summed E-state index contributed by atoms with van der Waals surface area (Å²) in [6.07, 6.45) is 3.55. The monoisotopic (exact) mass is 196 g/mol. The van der Waals surface area contributed by atoms with Gasteiger partial charge in [0.05, 0.1) is 0 Å². The SMILES string of the molecule is C=CC=C(C(=O)[Si](C)(C)C)C(C)C. The normalized spacial score (nSPS) is 13.2. The van der Waals surface area contributed by atoms with Gasteiger partial charge in [0.1, 0.15) is 13.5 Å². The smallest absolute Gasteiger partial charge is 0.136 e. The molecule has 0 N–H and O–H groups in total. The molecule has 0 aromatic rings. The predicted octanol–water partition coefficient (Wildman–Crippen LogP) is 3.20. The minimum Gasteiger partial charge on any atom is -0.300 e. The quantitative estimate of drug-likeness (QED) is 0.383. The summed E-state index contributed by atoms with van der Waals surface area (Å²) in [6.45, 7) is 14.0. The molecule has 0 aromatic heterocycles. The zero-order valence-electron chi connectivity index (χ0n) is 9.35. The van der Waals surface area contributed by atoms with Gasteiger partial charge in [0.2, 0.25) is 0 Å². The minimum absolute atomic E-state index is 0.303. The average molecular weight is 196 g/mol. The van der Waals surface area contributed by atoms with Gasteiger partial charge in [-0.1, -0.05) is 52.2 Å². The summed E-state index contributed by atoms with van der Waals surface area (Å²) < 4.78 is 0. The second-order valence-corrected chi connectivity index (χ2v) is 9.55. The Morgan fingerprint density at radius 1 is 1.31 bits per heavy atom. The van der Waals surface area contributed by atoms with Gasteiger partial charge in [-0.2, -0.15) is 0 Å². The van der Waals surface area contributed by atoms with Crippen LogP contribution in [0.3, 0.4) is 0 Å². The fourth-order valence-electron chi connectivity index (χ4n) is 1.09. The topological polar surface area (TPSA) is 17.1 Å². The summed E-state index contributed by atoms with van der Waals surface area (Å²) in [5, 5.41) is 0.349. The molecule has 74 valence electrons. The van der Waals surface area contributed by atoms with Crippen LogP contribution in [0.1, 0.15) is 13.8 Å². The molecular weight excluding hydrogens is 176 g/mol. The first kappa shape index (κ1) is 12.4. The number of rotatable bonds is 4. The van der Waals surface area contributed by atoms with Crippen LogP contribution in [0.4, 0.5) is 0 Å². The van der Waals surface area contributed by atoms with E-state index in [9.17, 15) is 4.79 Å². The Morgan fingerprint density at radius 3 is 2.00 bits per heavy atom. The lowest BCUT2D eigenvalue weighted by molar-refractivity contribution is -0.109. The van der Waals surface area contributed by atoms with Crippen LogP contribution in [0.25, 0.3) is 0 Å². The van der Waals surface area contributed by atoms with Crippen LogP contribution in [0.2, 0.25) is 19.6 Å². The Balaban J connectivity index is 4.89. The van der Waals surface area contributed by atoms with Gasteiger partial charge in [0.25, 0.3) is 0 Å². The van der Waals surface area contributed by atoms with E-state index >= 15 is 0 Å². The van der Waals surface area contributed by atoms with Crippen LogP contribution in [0.15, 0.2) is 24.3 Å². The van der Waals surface area contributed by atoms with E-state index in [1.54, 1.807) is 6.08 Å². The summed E-state index contributed by atoms with van der Waals surface area (Å²) in [4.78, 5) is 11.9. The number of hydrogen-bond donors (Lipinski definition) is 0. The first-order chi connectivity index (χ1) is 5.80. The Labute approximate surface area is 82.6 Å². The van der Waals surface area contributed by atoms with Gasteiger partial charge in [-0.25, -0.2) is 0 Å². The van der Waals surface area contributed by atoms with Crippen LogP contribution < -0.4 is 0 Å². The molecule has 0 saturated carbocycles. The van der Waals surface area contributed by atoms with Gasteiger partial charge in [-0.3, -0.25) is 0 Å². The zero-order chi connectivity index (χ0) is 10.6. The van der Waals surface area contributed by atoms with Gasteiger partial charge < -0.3 is 4.79 Å². The van der Waals surface area contributed by atoms with Crippen molar-refractivity contribution in [2.45, 2.75) is 33.5 Å². The molecule has 0 amide bonds. The van der Waals surface area contributed by atoms with Crippen molar-refractivity contribution in [3.8, 4) is 0 Å². The zero-order valence-corrected chi connectivity index (χ0v) is 10.3. The minimum atomic E-state index is -1.68. The summed E-state index contributed by atoms with van der Waals surface area (Å²) >= 11 is 0. The third-order valence-electron chi connectivity index (χ3n) is 1.86. The van der Waals surface area contributed by atoms with Crippen LogP contribution in [0.5, 0.6) is 0 Å². The second kappa shape index (κ2) is 4.56. The van der Waals surface area contributed by atoms with E-state index in [-0.39, 0.29) is 0 Å². The van der Waals surface area contributed by atoms with Crippen molar-refractivity contribution in [2.24, 2.45) is 5.92 Å². The second-order valence-electron chi connectivity index (χ2n) is 4.59.